The van der Waals surface area contributed by atoms with E-state index in [9.17, 15) is 13.2 Å². The van der Waals surface area contributed by atoms with Crippen molar-refractivity contribution < 1.29 is 13.2 Å². The molecule has 0 aliphatic carbocycles. The van der Waals surface area contributed by atoms with E-state index in [1.54, 1.807) is 6.07 Å². The maximum atomic E-state index is 12.9. The van der Waals surface area contributed by atoms with E-state index >= 15 is 0 Å². The molecule has 118 valence electrons. The van der Waals surface area contributed by atoms with Crippen LogP contribution in [-0.2, 0) is 6.18 Å². The van der Waals surface area contributed by atoms with E-state index in [0.29, 0.717) is 23.8 Å². The molecule has 2 unspecified atom stereocenters. The van der Waals surface area contributed by atoms with Crippen LogP contribution in [0.25, 0.3) is 0 Å². The number of nitrogens with one attached hydrogen (secondary N) is 1. The number of anilines is 1. The summed E-state index contributed by atoms with van der Waals surface area (Å²) < 4.78 is 38.6. The second-order valence-electron chi connectivity index (χ2n) is 6.21. The molecule has 0 radical (unpaired) electrons. The van der Waals surface area contributed by atoms with Crippen molar-refractivity contribution >= 4 is 5.69 Å². The second kappa shape index (κ2) is 5.47. The largest absolute Gasteiger partial charge is 0.417 e. The highest BCUT2D eigenvalue weighted by Crippen LogP contribution is 2.35. The Balaban J connectivity index is 1.84. The molecule has 1 aromatic carbocycles. The predicted octanol–water partition coefficient (Wildman–Crippen LogP) is 3.30. The number of piperidine rings is 1. The van der Waals surface area contributed by atoms with Gasteiger partial charge in [-0.15, -0.1) is 0 Å². The molecule has 3 nitrogen and oxygen atoms in total. The lowest BCUT2D eigenvalue weighted by atomic mass is 9.97. The van der Waals surface area contributed by atoms with E-state index in [-0.39, 0.29) is 5.56 Å². The fraction of sp³-hybridized carbons (Fsp3) is 0.562. The van der Waals surface area contributed by atoms with Crippen LogP contribution in [0.15, 0.2) is 18.2 Å². The van der Waals surface area contributed by atoms with Crippen molar-refractivity contribution in [3.05, 3.63) is 29.3 Å². The lowest BCUT2D eigenvalue weighted by Crippen LogP contribution is -2.47. The van der Waals surface area contributed by atoms with Gasteiger partial charge in [0.05, 0.1) is 17.2 Å². The van der Waals surface area contributed by atoms with E-state index in [0.717, 1.165) is 18.9 Å². The molecule has 0 saturated carbocycles. The summed E-state index contributed by atoms with van der Waals surface area (Å²) in [6.07, 6.45) is -0.154. The SMILES string of the molecule is CN(c1ccc(C(F)(F)F)c(C#N)c1)C1CC2CCC(C1)N2. The van der Waals surface area contributed by atoms with Crippen molar-refractivity contribution in [1.29, 1.82) is 5.26 Å². The maximum Gasteiger partial charge on any atom is 0.417 e. The summed E-state index contributed by atoms with van der Waals surface area (Å²) in [4.78, 5) is 2.02. The van der Waals surface area contributed by atoms with E-state index in [2.05, 4.69) is 5.32 Å². The molecule has 0 amide bonds. The molecule has 1 N–H and O–H groups in total. The van der Waals surface area contributed by atoms with Crippen LogP contribution in [0, 0.1) is 11.3 Å². The number of halogens is 3. The number of nitrogens with zero attached hydrogens (tertiary/aromatic N) is 2. The fourth-order valence-corrected chi connectivity index (χ4v) is 3.65. The molecule has 2 heterocycles. The van der Waals surface area contributed by atoms with Gasteiger partial charge in [-0.25, -0.2) is 0 Å². The van der Waals surface area contributed by atoms with E-state index < -0.39 is 11.7 Å². The van der Waals surface area contributed by atoms with Crippen LogP contribution in [0.5, 0.6) is 0 Å². The summed E-state index contributed by atoms with van der Waals surface area (Å²) in [7, 11) is 1.90. The van der Waals surface area contributed by atoms with Crippen LogP contribution in [0.4, 0.5) is 18.9 Å². The molecular formula is C16H18F3N3. The Hall–Kier alpha value is -1.74. The van der Waals surface area contributed by atoms with Gasteiger partial charge in [0.2, 0.25) is 0 Å². The zero-order chi connectivity index (χ0) is 15.9. The Morgan fingerprint density at radius 3 is 2.41 bits per heavy atom. The molecule has 3 rings (SSSR count). The van der Waals surface area contributed by atoms with Gasteiger partial charge in [0.15, 0.2) is 0 Å². The van der Waals surface area contributed by atoms with Crippen molar-refractivity contribution in [2.24, 2.45) is 0 Å². The third-order valence-corrected chi connectivity index (χ3v) is 4.83. The molecule has 2 aliphatic heterocycles. The highest BCUT2D eigenvalue weighted by Gasteiger charge is 2.36. The smallest absolute Gasteiger partial charge is 0.371 e. The van der Waals surface area contributed by atoms with Gasteiger partial charge in [-0.2, -0.15) is 18.4 Å². The highest BCUT2D eigenvalue weighted by molar-refractivity contribution is 5.55. The van der Waals surface area contributed by atoms with Crippen molar-refractivity contribution in [3.8, 4) is 6.07 Å². The zero-order valence-corrected chi connectivity index (χ0v) is 12.3. The van der Waals surface area contributed by atoms with Crippen molar-refractivity contribution in [1.82, 2.24) is 5.32 Å². The minimum Gasteiger partial charge on any atom is -0.371 e. The number of alkyl halides is 3. The van der Waals surface area contributed by atoms with Gasteiger partial charge >= 0.3 is 6.18 Å². The molecule has 1 aromatic rings. The van der Waals surface area contributed by atoms with Gasteiger partial charge in [0.1, 0.15) is 0 Å². The highest BCUT2D eigenvalue weighted by atomic mass is 19.4. The Morgan fingerprint density at radius 2 is 1.86 bits per heavy atom. The molecular weight excluding hydrogens is 291 g/mol. The van der Waals surface area contributed by atoms with Crippen LogP contribution in [-0.4, -0.2) is 25.2 Å². The molecule has 0 spiro atoms. The van der Waals surface area contributed by atoms with Crippen LogP contribution in [0.2, 0.25) is 0 Å². The molecule has 6 heteroatoms. The average Bonchev–Trinajstić information content (AvgIpc) is 2.83. The Labute approximate surface area is 127 Å². The molecule has 2 saturated heterocycles. The third-order valence-electron chi connectivity index (χ3n) is 4.83. The number of nitriles is 1. The van der Waals surface area contributed by atoms with Crippen molar-refractivity contribution in [2.45, 2.75) is 50.0 Å². The first-order valence-electron chi connectivity index (χ1n) is 7.48. The monoisotopic (exact) mass is 309 g/mol. The van der Waals surface area contributed by atoms with Crippen LogP contribution in [0.3, 0.4) is 0 Å². The third kappa shape index (κ3) is 2.78. The summed E-state index contributed by atoms with van der Waals surface area (Å²) in [6.45, 7) is 0. The maximum absolute atomic E-state index is 12.9. The molecule has 22 heavy (non-hydrogen) atoms. The van der Waals surface area contributed by atoms with Crippen LogP contribution in [0.1, 0.15) is 36.8 Å². The lowest BCUT2D eigenvalue weighted by molar-refractivity contribution is -0.137. The van der Waals surface area contributed by atoms with Crippen LogP contribution >= 0.6 is 0 Å². The van der Waals surface area contributed by atoms with Gasteiger partial charge in [0, 0.05) is 30.9 Å². The minimum atomic E-state index is -4.49. The molecule has 2 aliphatic rings. The summed E-state index contributed by atoms with van der Waals surface area (Å²) in [5.74, 6) is 0. The first kappa shape index (κ1) is 15.2. The second-order valence-corrected chi connectivity index (χ2v) is 6.21. The summed E-state index contributed by atoms with van der Waals surface area (Å²) in [6, 6.07) is 6.83. The first-order valence-corrected chi connectivity index (χ1v) is 7.48. The number of hydrogen-bond acceptors (Lipinski definition) is 3. The Bertz CT molecular complexity index is 594. The summed E-state index contributed by atoms with van der Waals surface area (Å²) >= 11 is 0. The van der Waals surface area contributed by atoms with E-state index in [4.69, 9.17) is 5.26 Å². The zero-order valence-electron chi connectivity index (χ0n) is 12.3. The number of hydrogen-bond donors (Lipinski definition) is 1. The van der Waals surface area contributed by atoms with E-state index in [1.807, 2.05) is 11.9 Å². The quantitative estimate of drug-likeness (QED) is 0.911. The fourth-order valence-electron chi connectivity index (χ4n) is 3.65. The molecule has 0 aromatic heterocycles. The normalized spacial score (nSPS) is 27.5. The first-order chi connectivity index (χ1) is 10.4. The molecule has 2 atom stereocenters. The summed E-state index contributed by atoms with van der Waals surface area (Å²) in [5, 5.41) is 12.6. The molecule has 2 fully saturated rings. The van der Waals surface area contributed by atoms with Gasteiger partial charge in [-0.3, -0.25) is 0 Å². The molecule has 2 bridgehead atoms. The van der Waals surface area contributed by atoms with Crippen molar-refractivity contribution in [2.75, 3.05) is 11.9 Å². The predicted molar refractivity (Wildman–Crippen MR) is 77.5 cm³/mol. The number of benzene rings is 1. The topological polar surface area (TPSA) is 39.1 Å². The standard InChI is InChI=1S/C16H18F3N3/c1-22(14-7-11-2-3-12(8-14)21-11)13-4-5-15(16(17,18)19)10(6-13)9-20/h4-6,11-12,14,21H,2-3,7-8H2,1H3. The number of fused-ring (bicyclic) bond motifs is 2. The van der Waals surface area contributed by atoms with Gasteiger partial charge in [-0.1, -0.05) is 0 Å². The van der Waals surface area contributed by atoms with Gasteiger partial charge in [0.25, 0.3) is 0 Å². The van der Waals surface area contributed by atoms with Crippen LogP contribution < -0.4 is 10.2 Å². The lowest BCUT2D eigenvalue weighted by Gasteiger charge is -2.37. The van der Waals surface area contributed by atoms with E-state index in [1.165, 1.54) is 25.0 Å². The number of rotatable bonds is 2. The average molecular weight is 309 g/mol. The summed E-state index contributed by atoms with van der Waals surface area (Å²) in [5.41, 5.74) is -0.498. The Kier molecular flexibility index (Phi) is 3.77. The Morgan fingerprint density at radius 1 is 1.23 bits per heavy atom. The van der Waals surface area contributed by atoms with Crippen molar-refractivity contribution in [3.63, 3.8) is 0 Å². The van der Waals surface area contributed by atoms with Gasteiger partial charge < -0.3 is 10.2 Å². The minimum absolute atomic E-state index is 0.307. The van der Waals surface area contributed by atoms with Gasteiger partial charge in [-0.05, 0) is 43.9 Å².